The molecule has 2 atom stereocenters. The zero-order valence-corrected chi connectivity index (χ0v) is 10.7. The fourth-order valence-corrected chi connectivity index (χ4v) is 3.17. The van der Waals surface area contributed by atoms with Gasteiger partial charge in [-0.15, -0.1) is 0 Å². The van der Waals surface area contributed by atoms with E-state index in [9.17, 15) is 13.6 Å². The van der Waals surface area contributed by atoms with E-state index < -0.39 is 11.8 Å². The Morgan fingerprint density at radius 1 is 1.26 bits per heavy atom. The Labute approximate surface area is 111 Å². The fraction of sp³-hybridized carbons (Fsp3) is 0.533. The number of nitrogens with one attached hydrogen (secondary N) is 1. The van der Waals surface area contributed by atoms with Gasteiger partial charge in [-0.1, -0.05) is 24.3 Å². The second-order valence-corrected chi connectivity index (χ2v) is 5.59. The van der Waals surface area contributed by atoms with Crippen molar-refractivity contribution in [2.24, 2.45) is 5.92 Å². The lowest BCUT2D eigenvalue weighted by atomic mass is 10.0. The number of halogens is 2. The van der Waals surface area contributed by atoms with Gasteiger partial charge in [-0.05, 0) is 30.4 Å². The zero-order chi connectivity index (χ0) is 13.5. The molecule has 0 heterocycles. The van der Waals surface area contributed by atoms with Crippen molar-refractivity contribution in [3.8, 4) is 0 Å². The molecular weight excluding hydrogens is 248 g/mol. The van der Waals surface area contributed by atoms with Crippen LogP contribution in [0.3, 0.4) is 0 Å². The average Bonchev–Trinajstić information content (AvgIpc) is 2.94. The van der Waals surface area contributed by atoms with E-state index in [0.29, 0.717) is 6.42 Å². The number of carbonyl (C=O) groups excluding carboxylic acids is 1. The van der Waals surface area contributed by atoms with Crippen LogP contribution in [-0.4, -0.2) is 11.8 Å². The summed E-state index contributed by atoms with van der Waals surface area (Å²) in [6.07, 6.45) is 1.66. The third-order valence-electron chi connectivity index (χ3n) is 4.22. The summed E-state index contributed by atoms with van der Waals surface area (Å²) in [4.78, 5) is 12.1. The monoisotopic (exact) mass is 265 g/mol. The first kappa shape index (κ1) is 12.6. The minimum absolute atomic E-state index is 0.00192. The van der Waals surface area contributed by atoms with Gasteiger partial charge in [0.15, 0.2) is 0 Å². The van der Waals surface area contributed by atoms with E-state index in [0.717, 1.165) is 18.4 Å². The van der Waals surface area contributed by atoms with E-state index in [-0.39, 0.29) is 24.8 Å². The molecule has 1 N–H and O–H groups in total. The van der Waals surface area contributed by atoms with Gasteiger partial charge >= 0.3 is 0 Å². The first-order valence-corrected chi connectivity index (χ1v) is 6.81. The number of aryl methyl sites for hydroxylation is 1. The molecule has 1 fully saturated rings. The molecule has 1 aromatic rings. The highest BCUT2D eigenvalue weighted by atomic mass is 19.3. The van der Waals surface area contributed by atoms with Crippen LogP contribution in [0.5, 0.6) is 0 Å². The molecule has 0 aromatic heterocycles. The highest BCUT2D eigenvalue weighted by molar-refractivity contribution is 5.79. The maximum atomic E-state index is 13.1. The lowest BCUT2D eigenvalue weighted by molar-refractivity contribution is -0.126. The number of benzene rings is 1. The zero-order valence-electron chi connectivity index (χ0n) is 10.7. The largest absolute Gasteiger partial charge is 0.349 e. The van der Waals surface area contributed by atoms with E-state index >= 15 is 0 Å². The maximum absolute atomic E-state index is 13.1. The van der Waals surface area contributed by atoms with Crippen molar-refractivity contribution in [1.82, 2.24) is 5.32 Å². The van der Waals surface area contributed by atoms with Crippen molar-refractivity contribution in [3.63, 3.8) is 0 Å². The topological polar surface area (TPSA) is 29.1 Å². The first-order valence-electron chi connectivity index (χ1n) is 6.81. The predicted molar refractivity (Wildman–Crippen MR) is 67.9 cm³/mol. The molecular formula is C15H17F2NO. The number of hydrogen-bond donors (Lipinski definition) is 1. The van der Waals surface area contributed by atoms with Crippen molar-refractivity contribution in [3.05, 3.63) is 35.4 Å². The van der Waals surface area contributed by atoms with Gasteiger partial charge in [-0.3, -0.25) is 4.79 Å². The van der Waals surface area contributed by atoms with Crippen LogP contribution in [0.1, 0.15) is 42.9 Å². The normalized spacial score (nSPS) is 28.1. The quantitative estimate of drug-likeness (QED) is 0.874. The van der Waals surface area contributed by atoms with Gasteiger partial charge in [0.1, 0.15) is 0 Å². The highest BCUT2D eigenvalue weighted by Crippen LogP contribution is 2.39. The van der Waals surface area contributed by atoms with E-state index in [1.165, 1.54) is 5.56 Å². The molecule has 1 aromatic carbocycles. The third kappa shape index (κ3) is 2.48. The van der Waals surface area contributed by atoms with Crippen LogP contribution >= 0.6 is 0 Å². The molecule has 2 aliphatic rings. The molecule has 1 saturated carbocycles. The van der Waals surface area contributed by atoms with Crippen LogP contribution in [0, 0.1) is 5.92 Å². The Bertz CT molecular complexity index is 501. The van der Waals surface area contributed by atoms with E-state index in [1.807, 2.05) is 18.2 Å². The summed E-state index contributed by atoms with van der Waals surface area (Å²) in [7, 11) is 0. The lowest BCUT2D eigenvalue weighted by Gasteiger charge is -2.17. The van der Waals surface area contributed by atoms with Crippen LogP contribution < -0.4 is 5.32 Å². The summed E-state index contributed by atoms with van der Waals surface area (Å²) in [5.41, 5.74) is 2.39. The van der Waals surface area contributed by atoms with Crippen molar-refractivity contribution in [2.45, 2.75) is 44.1 Å². The average molecular weight is 265 g/mol. The number of fused-ring (bicyclic) bond motifs is 1. The summed E-state index contributed by atoms with van der Waals surface area (Å²) in [6, 6.07) is 8.01. The molecule has 0 bridgehead atoms. The van der Waals surface area contributed by atoms with Gasteiger partial charge in [0.25, 0.3) is 0 Å². The van der Waals surface area contributed by atoms with E-state index in [2.05, 4.69) is 11.4 Å². The smallest absolute Gasteiger partial charge is 0.248 e. The fourth-order valence-electron chi connectivity index (χ4n) is 3.17. The molecule has 0 aliphatic heterocycles. The molecule has 0 saturated heterocycles. The third-order valence-corrected chi connectivity index (χ3v) is 4.22. The molecule has 1 amide bonds. The second-order valence-electron chi connectivity index (χ2n) is 5.59. The molecule has 2 aliphatic carbocycles. The van der Waals surface area contributed by atoms with Gasteiger partial charge in [-0.25, -0.2) is 8.78 Å². The molecule has 3 rings (SSSR count). The van der Waals surface area contributed by atoms with E-state index in [4.69, 9.17) is 0 Å². The Balaban J connectivity index is 1.66. The number of hydrogen-bond acceptors (Lipinski definition) is 1. The minimum atomic E-state index is -2.66. The van der Waals surface area contributed by atoms with Crippen LogP contribution in [-0.2, 0) is 11.2 Å². The Hall–Kier alpha value is -1.45. The summed E-state index contributed by atoms with van der Waals surface area (Å²) in [6.45, 7) is 0. The number of carbonyl (C=O) groups is 1. The maximum Gasteiger partial charge on any atom is 0.248 e. The highest BCUT2D eigenvalue weighted by Gasteiger charge is 2.43. The summed E-state index contributed by atoms with van der Waals surface area (Å²) in [5, 5.41) is 2.94. The van der Waals surface area contributed by atoms with Gasteiger partial charge in [0, 0.05) is 18.8 Å². The molecule has 2 nitrogen and oxygen atoms in total. The Kier molecular flexibility index (Phi) is 3.03. The Morgan fingerprint density at radius 2 is 2.05 bits per heavy atom. The van der Waals surface area contributed by atoms with Crippen molar-refractivity contribution >= 4 is 5.91 Å². The molecule has 19 heavy (non-hydrogen) atoms. The number of amides is 1. The van der Waals surface area contributed by atoms with Gasteiger partial charge in [0.2, 0.25) is 11.8 Å². The molecule has 1 unspecified atom stereocenters. The second kappa shape index (κ2) is 4.58. The lowest BCUT2D eigenvalue weighted by Crippen LogP contribution is -2.32. The molecule has 0 spiro atoms. The Morgan fingerprint density at radius 3 is 2.79 bits per heavy atom. The standard InChI is InChI=1S/C15H17F2NO/c16-15(17)8-7-11(9-15)14(19)18-13-6-5-10-3-1-2-4-12(10)13/h1-4,11,13H,5-9H2,(H,18,19)/t11?,13-/m1/s1. The first-order chi connectivity index (χ1) is 9.05. The summed E-state index contributed by atoms with van der Waals surface area (Å²) < 4.78 is 26.3. The summed E-state index contributed by atoms with van der Waals surface area (Å²) in [5.74, 6) is -3.39. The molecule has 4 heteroatoms. The van der Waals surface area contributed by atoms with Crippen LogP contribution in [0.25, 0.3) is 0 Å². The number of alkyl halides is 2. The number of rotatable bonds is 2. The predicted octanol–water partition coefficient (Wildman–Crippen LogP) is 3.23. The van der Waals surface area contributed by atoms with Gasteiger partial charge < -0.3 is 5.32 Å². The van der Waals surface area contributed by atoms with Crippen LogP contribution in [0.15, 0.2) is 24.3 Å². The van der Waals surface area contributed by atoms with Gasteiger partial charge in [0.05, 0.1) is 6.04 Å². The van der Waals surface area contributed by atoms with Crippen LogP contribution in [0.4, 0.5) is 8.78 Å². The SMILES string of the molecule is O=C(N[C@@H]1CCc2ccccc21)C1CCC(F)(F)C1. The molecule has 0 radical (unpaired) electrons. The van der Waals surface area contributed by atoms with Crippen LogP contribution in [0.2, 0.25) is 0 Å². The van der Waals surface area contributed by atoms with E-state index in [1.54, 1.807) is 0 Å². The van der Waals surface area contributed by atoms with Crippen molar-refractivity contribution < 1.29 is 13.6 Å². The van der Waals surface area contributed by atoms with Gasteiger partial charge in [-0.2, -0.15) is 0 Å². The molecule has 102 valence electrons. The minimum Gasteiger partial charge on any atom is -0.349 e. The van der Waals surface area contributed by atoms with Crippen molar-refractivity contribution in [2.75, 3.05) is 0 Å². The van der Waals surface area contributed by atoms with Crippen molar-refractivity contribution in [1.29, 1.82) is 0 Å². The summed E-state index contributed by atoms with van der Waals surface area (Å²) >= 11 is 0.